The number of carbonyl (C=O) groups is 1. The Morgan fingerprint density at radius 3 is 2.24 bits per heavy atom. The average molecular weight is 503 g/mol. The molecule has 5 rings (SSSR count). The van der Waals surface area contributed by atoms with E-state index >= 15 is 0 Å². The van der Waals surface area contributed by atoms with Crippen LogP contribution in [0.1, 0.15) is 50.5 Å². The van der Waals surface area contributed by atoms with Crippen LogP contribution in [0.4, 0.5) is 0 Å². The highest BCUT2D eigenvalue weighted by Crippen LogP contribution is 2.48. The van der Waals surface area contributed by atoms with Gasteiger partial charge in [-0.1, -0.05) is 18.2 Å². The Labute approximate surface area is 216 Å². The fourth-order valence-electron chi connectivity index (χ4n) is 4.48. The van der Waals surface area contributed by atoms with E-state index in [1.165, 1.54) is 0 Å². The summed E-state index contributed by atoms with van der Waals surface area (Å²) in [4.78, 5) is 13.7. The summed E-state index contributed by atoms with van der Waals surface area (Å²) < 4.78 is 34.7. The van der Waals surface area contributed by atoms with Crippen molar-refractivity contribution in [1.82, 2.24) is 0 Å². The minimum absolute atomic E-state index is 0.0114. The summed E-state index contributed by atoms with van der Waals surface area (Å²) in [7, 11) is 1.62. The van der Waals surface area contributed by atoms with Crippen LogP contribution in [-0.2, 0) is 9.53 Å². The maximum atomic E-state index is 13.7. The van der Waals surface area contributed by atoms with E-state index in [9.17, 15) is 4.79 Å². The van der Waals surface area contributed by atoms with Gasteiger partial charge in [-0.25, -0.2) is 4.79 Å². The van der Waals surface area contributed by atoms with Crippen LogP contribution < -0.4 is 23.7 Å². The van der Waals surface area contributed by atoms with Crippen molar-refractivity contribution in [1.29, 1.82) is 0 Å². The number of fused-ring (bicyclic) bond motifs is 2. The maximum absolute atomic E-state index is 13.7. The number of rotatable bonds is 7. The van der Waals surface area contributed by atoms with Crippen molar-refractivity contribution in [3.8, 4) is 28.7 Å². The van der Waals surface area contributed by atoms with Gasteiger partial charge in [0.25, 0.3) is 0 Å². The van der Waals surface area contributed by atoms with Crippen LogP contribution in [0.2, 0.25) is 0 Å². The second-order valence-electron chi connectivity index (χ2n) is 9.41. The molecule has 0 fully saturated rings. The quantitative estimate of drug-likeness (QED) is 0.362. The maximum Gasteiger partial charge on any atom is 0.339 e. The summed E-state index contributed by atoms with van der Waals surface area (Å²) in [6.07, 6.45) is -1.06. The first kappa shape index (κ1) is 24.6. The molecule has 0 spiro atoms. The molecule has 7 nitrogen and oxygen atoms in total. The Morgan fingerprint density at radius 2 is 1.54 bits per heavy atom. The Bertz CT molecular complexity index is 1340. The molecule has 0 bridgehead atoms. The van der Waals surface area contributed by atoms with E-state index in [0.29, 0.717) is 39.9 Å². The molecule has 0 saturated carbocycles. The topological polar surface area (TPSA) is 72.5 Å². The smallest absolute Gasteiger partial charge is 0.339 e. The SMILES string of the molecule is COc1ccc(C2=C(C(=O)OC(C)C)[C@H](c3ccc4c(c3)OCO4)Oc3ccc(OC(C)C)cc32)cc1. The molecule has 0 unspecified atom stereocenters. The van der Waals surface area contributed by atoms with Gasteiger partial charge in [-0.2, -0.15) is 0 Å². The minimum atomic E-state index is -0.734. The first-order chi connectivity index (χ1) is 17.8. The molecule has 0 N–H and O–H groups in total. The van der Waals surface area contributed by atoms with Crippen LogP contribution in [0.25, 0.3) is 5.57 Å². The Balaban J connectivity index is 1.75. The summed E-state index contributed by atoms with van der Waals surface area (Å²) in [6.45, 7) is 7.75. The van der Waals surface area contributed by atoms with E-state index < -0.39 is 12.1 Å². The third-order valence-corrected chi connectivity index (χ3v) is 6.01. The highest BCUT2D eigenvalue weighted by Gasteiger charge is 2.37. The van der Waals surface area contributed by atoms with Gasteiger partial charge in [0.1, 0.15) is 17.2 Å². The van der Waals surface area contributed by atoms with Crippen molar-refractivity contribution < 1.29 is 33.2 Å². The predicted octanol–water partition coefficient (Wildman–Crippen LogP) is 6.10. The Kier molecular flexibility index (Phi) is 6.70. The van der Waals surface area contributed by atoms with Gasteiger partial charge in [-0.05, 0) is 75.7 Å². The van der Waals surface area contributed by atoms with Crippen LogP contribution >= 0.6 is 0 Å². The second-order valence-corrected chi connectivity index (χ2v) is 9.41. The molecule has 37 heavy (non-hydrogen) atoms. The molecule has 0 aliphatic carbocycles. The van der Waals surface area contributed by atoms with Gasteiger partial charge in [0, 0.05) is 16.7 Å². The van der Waals surface area contributed by atoms with E-state index in [-0.39, 0.29) is 19.0 Å². The second kappa shape index (κ2) is 10.1. The molecule has 2 heterocycles. The lowest BCUT2D eigenvalue weighted by molar-refractivity contribution is -0.143. The molecule has 3 aromatic rings. The summed E-state index contributed by atoms with van der Waals surface area (Å²) in [6, 6.07) is 18.8. The summed E-state index contributed by atoms with van der Waals surface area (Å²) in [5, 5.41) is 0. The zero-order valence-corrected chi connectivity index (χ0v) is 21.6. The lowest BCUT2D eigenvalue weighted by atomic mass is 9.85. The first-order valence-corrected chi connectivity index (χ1v) is 12.3. The third kappa shape index (κ3) is 4.94. The normalized spacial score (nSPS) is 15.9. The Morgan fingerprint density at radius 1 is 0.838 bits per heavy atom. The van der Waals surface area contributed by atoms with Crippen LogP contribution in [0.5, 0.6) is 28.7 Å². The van der Waals surface area contributed by atoms with Gasteiger partial charge in [-0.15, -0.1) is 0 Å². The van der Waals surface area contributed by atoms with E-state index in [0.717, 1.165) is 16.7 Å². The molecule has 7 heteroatoms. The van der Waals surface area contributed by atoms with E-state index in [1.807, 2.05) is 88.4 Å². The van der Waals surface area contributed by atoms with Crippen LogP contribution in [0.3, 0.4) is 0 Å². The summed E-state index contributed by atoms with van der Waals surface area (Å²) in [5.41, 5.74) is 3.43. The Hall–Kier alpha value is -4.13. The summed E-state index contributed by atoms with van der Waals surface area (Å²) in [5.74, 6) is 2.83. The molecule has 3 aromatic carbocycles. The average Bonchev–Trinajstić information content (AvgIpc) is 3.35. The van der Waals surface area contributed by atoms with Crippen LogP contribution in [0.15, 0.2) is 66.2 Å². The van der Waals surface area contributed by atoms with Gasteiger partial charge < -0.3 is 28.4 Å². The molecule has 0 radical (unpaired) electrons. The predicted molar refractivity (Wildman–Crippen MR) is 138 cm³/mol. The van der Waals surface area contributed by atoms with Gasteiger partial charge in [-0.3, -0.25) is 0 Å². The molecule has 0 aromatic heterocycles. The number of hydrogen-bond donors (Lipinski definition) is 0. The van der Waals surface area contributed by atoms with Crippen LogP contribution in [-0.4, -0.2) is 32.1 Å². The van der Waals surface area contributed by atoms with Gasteiger partial charge in [0.05, 0.1) is 24.9 Å². The van der Waals surface area contributed by atoms with Gasteiger partial charge >= 0.3 is 5.97 Å². The monoisotopic (exact) mass is 502 g/mol. The minimum Gasteiger partial charge on any atom is -0.497 e. The van der Waals surface area contributed by atoms with E-state index in [1.54, 1.807) is 7.11 Å². The largest absolute Gasteiger partial charge is 0.497 e. The molecule has 2 aliphatic heterocycles. The van der Waals surface area contributed by atoms with Crippen LogP contribution in [0, 0.1) is 0 Å². The van der Waals surface area contributed by atoms with Crippen molar-refractivity contribution in [2.75, 3.05) is 13.9 Å². The van der Waals surface area contributed by atoms with Crippen molar-refractivity contribution in [3.63, 3.8) is 0 Å². The van der Waals surface area contributed by atoms with Crippen molar-refractivity contribution >= 4 is 11.5 Å². The lowest BCUT2D eigenvalue weighted by Gasteiger charge is -2.31. The zero-order chi connectivity index (χ0) is 26.1. The van der Waals surface area contributed by atoms with Gasteiger partial charge in [0.15, 0.2) is 17.6 Å². The molecular weight excluding hydrogens is 472 g/mol. The number of methoxy groups -OCH3 is 1. The highest BCUT2D eigenvalue weighted by atomic mass is 16.7. The third-order valence-electron chi connectivity index (χ3n) is 6.01. The standard InChI is InChI=1S/C30H30O7/c1-17(2)35-22-11-13-24-23(15-22)27(19-6-9-21(32-5)10-7-19)28(30(31)36-18(3)4)29(37-24)20-8-12-25-26(14-20)34-16-33-25/h6-15,17-18,29H,16H2,1-5H3/t29-/m0/s1. The van der Waals surface area contributed by atoms with Crippen molar-refractivity contribution in [3.05, 3.63) is 82.9 Å². The number of esters is 1. The fourth-order valence-corrected chi connectivity index (χ4v) is 4.48. The number of hydrogen-bond acceptors (Lipinski definition) is 7. The molecule has 2 aliphatic rings. The zero-order valence-electron chi connectivity index (χ0n) is 21.6. The fraction of sp³-hybridized carbons (Fsp3) is 0.300. The highest BCUT2D eigenvalue weighted by molar-refractivity contribution is 6.05. The number of benzene rings is 3. The number of ether oxygens (including phenoxy) is 6. The molecule has 0 amide bonds. The van der Waals surface area contributed by atoms with Gasteiger partial charge in [0.2, 0.25) is 6.79 Å². The molecular formula is C30H30O7. The molecule has 0 saturated heterocycles. The van der Waals surface area contributed by atoms with Crippen molar-refractivity contribution in [2.45, 2.75) is 46.0 Å². The first-order valence-electron chi connectivity index (χ1n) is 12.3. The summed E-state index contributed by atoms with van der Waals surface area (Å²) >= 11 is 0. The molecule has 1 atom stereocenters. The van der Waals surface area contributed by atoms with E-state index in [2.05, 4.69) is 0 Å². The number of carbonyl (C=O) groups excluding carboxylic acids is 1. The molecule has 192 valence electrons. The lowest BCUT2D eigenvalue weighted by Crippen LogP contribution is -2.26. The van der Waals surface area contributed by atoms with Crippen molar-refractivity contribution in [2.24, 2.45) is 0 Å². The van der Waals surface area contributed by atoms with E-state index in [4.69, 9.17) is 28.4 Å².